The maximum Gasteiger partial charge on any atom is 0.233 e. The molecule has 0 radical (unpaired) electrons. The average Bonchev–Trinajstić information content (AvgIpc) is 2.88. The SMILES string of the molecule is CCSCCN1C(=O)CSC1c1ccnc2ccccc12. The Kier molecular flexibility index (Phi) is 4.70. The smallest absolute Gasteiger partial charge is 0.233 e. The molecule has 110 valence electrons. The monoisotopic (exact) mass is 318 g/mol. The lowest BCUT2D eigenvalue weighted by Gasteiger charge is -2.25. The fourth-order valence-electron chi connectivity index (χ4n) is 2.59. The summed E-state index contributed by atoms with van der Waals surface area (Å²) in [6, 6.07) is 10.2. The van der Waals surface area contributed by atoms with Crippen molar-refractivity contribution in [2.75, 3.05) is 23.8 Å². The van der Waals surface area contributed by atoms with Gasteiger partial charge in [0.2, 0.25) is 5.91 Å². The first-order valence-corrected chi connectivity index (χ1v) is 9.34. The van der Waals surface area contributed by atoms with Gasteiger partial charge in [-0.15, -0.1) is 11.8 Å². The van der Waals surface area contributed by atoms with Crippen molar-refractivity contribution in [3.05, 3.63) is 42.1 Å². The Morgan fingerprint density at radius 2 is 2.24 bits per heavy atom. The first-order valence-electron chi connectivity index (χ1n) is 7.13. The summed E-state index contributed by atoms with van der Waals surface area (Å²) in [6.07, 6.45) is 1.85. The van der Waals surface area contributed by atoms with Crippen molar-refractivity contribution >= 4 is 40.3 Å². The molecule has 1 saturated heterocycles. The maximum atomic E-state index is 12.2. The zero-order valence-electron chi connectivity index (χ0n) is 12.0. The van der Waals surface area contributed by atoms with Crippen LogP contribution >= 0.6 is 23.5 Å². The highest BCUT2D eigenvalue weighted by Crippen LogP contribution is 2.40. The molecule has 1 unspecified atom stereocenters. The predicted molar refractivity (Wildman–Crippen MR) is 91.7 cm³/mol. The third kappa shape index (κ3) is 3.04. The first-order chi connectivity index (χ1) is 10.3. The zero-order valence-corrected chi connectivity index (χ0v) is 13.6. The van der Waals surface area contributed by atoms with E-state index in [1.54, 1.807) is 11.8 Å². The molecule has 3 rings (SSSR count). The van der Waals surface area contributed by atoms with Crippen LogP contribution in [-0.2, 0) is 4.79 Å². The van der Waals surface area contributed by atoms with Crippen LogP contribution in [0.25, 0.3) is 10.9 Å². The molecule has 3 nitrogen and oxygen atoms in total. The Labute approximate surface area is 133 Å². The highest BCUT2D eigenvalue weighted by Gasteiger charge is 2.33. The van der Waals surface area contributed by atoms with Gasteiger partial charge in [-0.2, -0.15) is 11.8 Å². The number of benzene rings is 1. The minimum atomic E-state index is 0.128. The molecule has 0 bridgehead atoms. The van der Waals surface area contributed by atoms with Crippen molar-refractivity contribution in [1.82, 2.24) is 9.88 Å². The number of carbonyl (C=O) groups excluding carboxylic acids is 1. The van der Waals surface area contributed by atoms with Gasteiger partial charge in [-0.3, -0.25) is 9.78 Å². The maximum absolute atomic E-state index is 12.2. The van der Waals surface area contributed by atoms with Gasteiger partial charge in [-0.05, 0) is 23.4 Å². The molecule has 1 aromatic heterocycles. The highest BCUT2D eigenvalue weighted by molar-refractivity contribution is 8.00. The molecular formula is C16H18N2OS2. The van der Waals surface area contributed by atoms with Gasteiger partial charge in [0.1, 0.15) is 5.37 Å². The van der Waals surface area contributed by atoms with Gasteiger partial charge >= 0.3 is 0 Å². The zero-order chi connectivity index (χ0) is 14.7. The van der Waals surface area contributed by atoms with Crippen molar-refractivity contribution in [3.8, 4) is 0 Å². The average molecular weight is 318 g/mol. The number of carbonyl (C=O) groups is 1. The quantitative estimate of drug-likeness (QED) is 0.789. The second kappa shape index (κ2) is 6.71. The Hall–Kier alpha value is -1.20. The highest BCUT2D eigenvalue weighted by atomic mass is 32.2. The van der Waals surface area contributed by atoms with E-state index in [0.717, 1.165) is 29.0 Å². The number of nitrogens with zero attached hydrogens (tertiary/aromatic N) is 2. The van der Waals surface area contributed by atoms with E-state index >= 15 is 0 Å². The van der Waals surface area contributed by atoms with Crippen LogP contribution in [0.2, 0.25) is 0 Å². The lowest BCUT2D eigenvalue weighted by molar-refractivity contribution is -0.127. The lowest BCUT2D eigenvalue weighted by atomic mass is 10.1. The molecule has 1 aromatic carbocycles. The summed E-state index contributed by atoms with van der Waals surface area (Å²) in [4.78, 5) is 18.6. The van der Waals surface area contributed by atoms with Gasteiger partial charge in [0.25, 0.3) is 0 Å². The number of rotatable bonds is 5. The molecule has 1 atom stereocenters. The molecular weight excluding hydrogens is 300 g/mol. The van der Waals surface area contributed by atoms with Crippen molar-refractivity contribution < 1.29 is 4.79 Å². The molecule has 1 aliphatic rings. The van der Waals surface area contributed by atoms with Gasteiger partial charge in [0, 0.05) is 23.9 Å². The number of amides is 1. The molecule has 1 amide bonds. The van der Waals surface area contributed by atoms with Crippen LogP contribution in [0.5, 0.6) is 0 Å². The standard InChI is InChI=1S/C16H18N2OS2/c1-2-20-10-9-18-15(19)11-21-16(18)13-7-8-17-14-6-4-3-5-12(13)14/h3-8,16H,2,9-11H2,1H3. The number of hydrogen-bond donors (Lipinski definition) is 0. The molecule has 0 aliphatic carbocycles. The van der Waals surface area contributed by atoms with Crippen LogP contribution in [0.4, 0.5) is 0 Å². The number of fused-ring (bicyclic) bond motifs is 1. The Morgan fingerprint density at radius 3 is 3.10 bits per heavy atom. The second-order valence-electron chi connectivity index (χ2n) is 4.86. The lowest BCUT2D eigenvalue weighted by Crippen LogP contribution is -2.30. The van der Waals surface area contributed by atoms with E-state index < -0.39 is 0 Å². The molecule has 1 aliphatic heterocycles. The second-order valence-corrected chi connectivity index (χ2v) is 7.33. The normalized spacial score (nSPS) is 18.6. The minimum absolute atomic E-state index is 0.128. The van der Waals surface area contributed by atoms with E-state index in [-0.39, 0.29) is 11.3 Å². The molecule has 0 N–H and O–H groups in total. The summed E-state index contributed by atoms with van der Waals surface area (Å²) >= 11 is 3.61. The molecule has 0 spiro atoms. The van der Waals surface area contributed by atoms with Crippen molar-refractivity contribution in [2.45, 2.75) is 12.3 Å². The largest absolute Gasteiger partial charge is 0.325 e. The summed E-state index contributed by atoms with van der Waals surface area (Å²) in [5.74, 6) is 2.93. The van der Waals surface area contributed by atoms with Crippen LogP contribution in [0.15, 0.2) is 36.5 Å². The third-order valence-electron chi connectivity index (χ3n) is 3.60. The van der Waals surface area contributed by atoms with Crippen LogP contribution in [-0.4, -0.2) is 39.6 Å². The van der Waals surface area contributed by atoms with Gasteiger partial charge in [0.05, 0.1) is 11.3 Å². The fourth-order valence-corrected chi connectivity index (χ4v) is 4.46. The molecule has 2 aromatic rings. The Morgan fingerprint density at radius 1 is 1.38 bits per heavy atom. The number of hydrogen-bond acceptors (Lipinski definition) is 4. The summed E-state index contributed by atoms with van der Waals surface area (Å²) in [6.45, 7) is 2.98. The summed E-state index contributed by atoms with van der Waals surface area (Å²) in [5.41, 5.74) is 2.20. The molecule has 21 heavy (non-hydrogen) atoms. The molecule has 2 heterocycles. The van der Waals surface area contributed by atoms with Crippen molar-refractivity contribution in [1.29, 1.82) is 0 Å². The van der Waals surface area contributed by atoms with Gasteiger partial charge in [-0.25, -0.2) is 0 Å². The Balaban J connectivity index is 1.91. The number of para-hydroxylation sites is 1. The number of pyridine rings is 1. The predicted octanol–water partition coefficient (Wildman–Crippen LogP) is 3.56. The van der Waals surface area contributed by atoms with Gasteiger partial charge in [0.15, 0.2) is 0 Å². The van der Waals surface area contributed by atoms with Crippen LogP contribution < -0.4 is 0 Å². The number of aromatic nitrogens is 1. The molecule has 5 heteroatoms. The third-order valence-corrected chi connectivity index (χ3v) is 5.71. The van der Waals surface area contributed by atoms with Crippen molar-refractivity contribution in [3.63, 3.8) is 0 Å². The fraction of sp³-hybridized carbons (Fsp3) is 0.375. The van der Waals surface area contributed by atoms with Gasteiger partial charge in [-0.1, -0.05) is 25.1 Å². The summed E-state index contributed by atoms with van der Waals surface area (Å²) < 4.78 is 0. The topological polar surface area (TPSA) is 33.2 Å². The summed E-state index contributed by atoms with van der Waals surface area (Å²) in [7, 11) is 0. The molecule has 1 fully saturated rings. The van der Waals surface area contributed by atoms with Crippen LogP contribution in [0, 0.1) is 0 Å². The van der Waals surface area contributed by atoms with E-state index in [0.29, 0.717) is 5.75 Å². The van der Waals surface area contributed by atoms with E-state index in [1.807, 2.05) is 41.1 Å². The van der Waals surface area contributed by atoms with E-state index in [1.165, 1.54) is 5.56 Å². The van der Waals surface area contributed by atoms with E-state index in [4.69, 9.17) is 0 Å². The van der Waals surface area contributed by atoms with Crippen LogP contribution in [0.3, 0.4) is 0 Å². The van der Waals surface area contributed by atoms with Crippen molar-refractivity contribution in [2.24, 2.45) is 0 Å². The van der Waals surface area contributed by atoms with Crippen LogP contribution in [0.1, 0.15) is 17.9 Å². The Bertz CT molecular complexity index is 642. The first kappa shape index (κ1) is 14.7. The molecule has 0 saturated carbocycles. The van der Waals surface area contributed by atoms with E-state index in [2.05, 4.69) is 24.0 Å². The minimum Gasteiger partial charge on any atom is -0.325 e. The van der Waals surface area contributed by atoms with Gasteiger partial charge < -0.3 is 4.90 Å². The van der Waals surface area contributed by atoms with E-state index in [9.17, 15) is 4.79 Å². The summed E-state index contributed by atoms with van der Waals surface area (Å²) in [5, 5.41) is 1.28. The number of thioether (sulfide) groups is 2.